The summed E-state index contributed by atoms with van der Waals surface area (Å²) in [5, 5.41) is 5.82. The Morgan fingerprint density at radius 3 is 2.50 bits per heavy atom. The van der Waals surface area contributed by atoms with Crippen LogP contribution < -0.4 is 20.1 Å². The van der Waals surface area contributed by atoms with Gasteiger partial charge in [-0.15, -0.1) is 0 Å². The molecule has 2 amide bonds. The normalized spacial score (nSPS) is 17.7. The highest BCUT2D eigenvalue weighted by atomic mass is 16.6. The summed E-state index contributed by atoms with van der Waals surface area (Å²) in [6.07, 6.45) is 7.45. The molecule has 1 unspecified atom stereocenters. The number of nitrogens with one attached hydrogen (secondary N) is 2. The Labute approximate surface area is 189 Å². The summed E-state index contributed by atoms with van der Waals surface area (Å²) in [4.78, 5) is 24.9. The molecule has 1 aliphatic heterocycles. The number of ether oxygens (including phenoxy) is 2. The van der Waals surface area contributed by atoms with Gasteiger partial charge in [-0.1, -0.05) is 49.2 Å². The fourth-order valence-corrected chi connectivity index (χ4v) is 4.47. The first-order chi connectivity index (χ1) is 15.6. The molecule has 0 aromatic heterocycles. The zero-order chi connectivity index (χ0) is 22.4. The molecular weight excluding hydrogens is 404 g/mol. The maximum atomic E-state index is 12.7. The summed E-state index contributed by atoms with van der Waals surface area (Å²) in [5.74, 6) is 1.07. The van der Waals surface area contributed by atoms with E-state index in [1.165, 1.54) is 11.6 Å². The number of hydrogen-bond acceptors (Lipinski definition) is 4. The molecule has 0 spiro atoms. The molecule has 6 heteroatoms. The summed E-state index contributed by atoms with van der Waals surface area (Å²) in [5.41, 5.74) is 1.98. The van der Waals surface area contributed by atoms with Crippen LogP contribution in [-0.4, -0.2) is 37.6 Å². The van der Waals surface area contributed by atoms with Crippen molar-refractivity contribution in [3.8, 4) is 11.5 Å². The molecule has 32 heavy (non-hydrogen) atoms. The number of fused-ring (bicyclic) bond motifs is 1. The average Bonchev–Trinajstić information content (AvgIpc) is 3.32. The maximum absolute atomic E-state index is 12.7. The van der Waals surface area contributed by atoms with Crippen molar-refractivity contribution in [3.05, 3.63) is 65.7 Å². The summed E-state index contributed by atoms with van der Waals surface area (Å²) < 4.78 is 11.4. The first-order valence-electron chi connectivity index (χ1n) is 11.3. The second kappa shape index (κ2) is 9.90. The zero-order valence-electron chi connectivity index (χ0n) is 18.4. The van der Waals surface area contributed by atoms with Crippen molar-refractivity contribution in [2.75, 3.05) is 19.8 Å². The van der Waals surface area contributed by atoms with Crippen molar-refractivity contribution in [3.63, 3.8) is 0 Å². The number of benzene rings is 2. The predicted octanol–water partition coefficient (Wildman–Crippen LogP) is 3.60. The standard InChI is InChI=1S/C26H30N2O4/c1-19(28-24(29)12-9-20-7-3-2-4-8-20)25(30)27-18-26(13-5-6-14-26)21-10-11-22-23(17-21)32-16-15-31-22/h2-4,7-12,17,19H,5-6,13-16,18H2,1H3,(H,27,30)(H,28,29)/b12-9+. The van der Waals surface area contributed by atoms with Crippen molar-refractivity contribution >= 4 is 17.9 Å². The summed E-state index contributed by atoms with van der Waals surface area (Å²) >= 11 is 0. The van der Waals surface area contributed by atoms with Gasteiger partial charge >= 0.3 is 0 Å². The maximum Gasteiger partial charge on any atom is 0.244 e. The fourth-order valence-electron chi connectivity index (χ4n) is 4.47. The number of amides is 2. The molecule has 1 fully saturated rings. The molecule has 1 atom stereocenters. The predicted molar refractivity (Wildman–Crippen MR) is 124 cm³/mol. The quantitative estimate of drug-likeness (QED) is 0.653. The van der Waals surface area contributed by atoms with Gasteiger partial charge in [0.05, 0.1) is 0 Å². The second-order valence-corrected chi connectivity index (χ2v) is 8.54. The smallest absolute Gasteiger partial charge is 0.244 e. The molecule has 2 aromatic carbocycles. The summed E-state index contributed by atoms with van der Waals surface area (Å²) in [6, 6.07) is 15.1. The third kappa shape index (κ3) is 5.13. The van der Waals surface area contributed by atoms with Crippen LogP contribution in [0.15, 0.2) is 54.6 Å². The molecule has 0 radical (unpaired) electrons. The molecule has 2 N–H and O–H groups in total. The molecule has 4 rings (SSSR count). The first-order valence-corrected chi connectivity index (χ1v) is 11.3. The molecule has 2 aliphatic rings. The highest BCUT2D eigenvalue weighted by molar-refractivity contribution is 5.95. The highest BCUT2D eigenvalue weighted by Crippen LogP contribution is 2.43. The first kappa shape index (κ1) is 21.9. The lowest BCUT2D eigenvalue weighted by Crippen LogP contribution is -2.48. The van der Waals surface area contributed by atoms with Crippen LogP contribution in [0.4, 0.5) is 0 Å². The molecular formula is C26H30N2O4. The van der Waals surface area contributed by atoms with E-state index in [4.69, 9.17) is 9.47 Å². The van der Waals surface area contributed by atoms with Crippen LogP contribution in [0.1, 0.15) is 43.7 Å². The largest absolute Gasteiger partial charge is 0.486 e. The van der Waals surface area contributed by atoms with E-state index in [2.05, 4.69) is 22.8 Å². The van der Waals surface area contributed by atoms with E-state index in [0.29, 0.717) is 19.8 Å². The SMILES string of the molecule is CC(NC(=O)/C=C/c1ccccc1)C(=O)NCC1(c2ccc3c(c2)OCCO3)CCCC1. The van der Waals surface area contributed by atoms with Gasteiger partial charge in [0.15, 0.2) is 11.5 Å². The minimum absolute atomic E-state index is 0.123. The van der Waals surface area contributed by atoms with Gasteiger partial charge in [0.25, 0.3) is 0 Å². The van der Waals surface area contributed by atoms with E-state index in [1.54, 1.807) is 13.0 Å². The molecule has 1 saturated carbocycles. The Morgan fingerprint density at radius 2 is 1.75 bits per heavy atom. The van der Waals surface area contributed by atoms with Crippen molar-refractivity contribution in [1.29, 1.82) is 0 Å². The molecule has 0 bridgehead atoms. The van der Waals surface area contributed by atoms with E-state index in [9.17, 15) is 9.59 Å². The van der Waals surface area contributed by atoms with Crippen LogP contribution in [0.5, 0.6) is 11.5 Å². The highest BCUT2D eigenvalue weighted by Gasteiger charge is 2.37. The van der Waals surface area contributed by atoms with E-state index in [-0.39, 0.29) is 17.2 Å². The third-order valence-corrected chi connectivity index (χ3v) is 6.29. The monoisotopic (exact) mass is 434 g/mol. The fraction of sp³-hybridized carbons (Fsp3) is 0.385. The molecule has 6 nitrogen and oxygen atoms in total. The Kier molecular flexibility index (Phi) is 6.78. The van der Waals surface area contributed by atoms with Crippen molar-refractivity contribution in [1.82, 2.24) is 10.6 Å². The molecule has 0 saturated heterocycles. The van der Waals surface area contributed by atoms with E-state index in [1.807, 2.05) is 36.4 Å². The van der Waals surface area contributed by atoms with Crippen molar-refractivity contribution < 1.29 is 19.1 Å². The van der Waals surface area contributed by atoms with Crippen LogP contribution in [-0.2, 0) is 15.0 Å². The lowest BCUT2D eigenvalue weighted by atomic mass is 9.78. The van der Waals surface area contributed by atoms with Crippen LogP contribution in [0.25, 0.3) is 6.08 Å². The lowest BCUT2D eigenvalue weighted by molar-refractivity contribution is -0.126. The summed E-state index contributed by atoms with van der Waals surface area (Å²) in [6.45, 7) is 3.36. The minimum atomic E-state index is -0.623. The van der Waals surface area contributed by atoms with Gasteiger partial charge in [-0.05, 0) is 49.1 Å². The van der Waals surface area contributed by atoms with E-state index >= 15 is 0 Å². The Hall–Kier alpha value is -3.28. The third-order valence-electron chi connectivity index (χ3n) is 6.29. The van der Waals surface area contributed by atoms with Crippen LogP contribution in [0.2, 0.25) is 0 Å². The molecule has 1 heterocycles. The Bertz CT molecular complexity index is 981. The summed E-state index contributed by atoms with van der Waals surface area (Å²) in [7, 11) is 0. The van der Waals surface area contributed by atoms with Crippen LogP contribution in [0, 0.1) is 0 Å². The zero-order valence-corrected chi connectivity index (χ0v) is 18.4. The lowest BCUT2D eigenvalue weighted by Gasteiger charge is -2.32. The minimum Gasteiger partial charge on any atom is -0.486 e. The van der Waals surface area contributed by atoms with E-state index < -0.39 is 6.04 Å². The number of rotatable bonds is 7. The van der Waals surface area contributed by atoms with E-state index in [0.717, 1.165) is 42.7 Å². The second-order valence-electron chi connectivity index (χ2n) is 8.54. The van der Waals surface area contributed by atoms with Crippen LogP contribution in [0.3, 0.4) is 0 Å². The molecule has 168 valence electrons. The van der Waals surface area contributed by atoms with Crippen molar-refractivity contribution in [2.45, 2.75) is 44.1 Å². The Balaban J connectivity index is 1.36. The molecule has 1 aliphatic carbocycles. The van der Waals surface area contributed by atoms with Crippen molar-refractivity contribution in [2.24, 2.45) is 0 Å². The Morgan fingerprint density at radius 1 is 1.03 bits per heavy atom. The average molecular weight is 435 g/mol. The molecule has 2 aromatic rings. The topological polar surface area (TPSA) is 76.7 Å². The van der Waals surface area contributed by atoms with Gasteiger partial charge in [-0.3, -0.25) is 9.59 Å². The van der Waals surface area contributed by atoms with Gasteiger partial charge in [-0.2, -0.15) is 0 Å². The number of hydrogen-bond donors (Lipinski definition) is 2. The van der Waals surface area contributed by atoms with Gasteiger partial charge < -0.3 is 20.1 Å². The van der Waals surface area contributed by atoms with Gasteiger partial charge in [0, 0.05) is 18.0 Å². The van der Waals surface area contributed by atoms with Gasteiger partial charge in [-0.25, -0.2) is 0 Å². The number of carbonyl (C=O) groups is 2. The van der Waals surface area contributed by atoms with Gasteiger partial charge in [0.1, 0.15) is 19.3 Å². The van der Waals surface area contributed by atoms with Gasteiger partial charge in [0.2, 0.25) is 11.8 Å². The van der Waals surface area contributed by atoms with Crippen LogP contribution >= 0.6 is 0 Å². The number of carbonyl (C=O) groups excluding carboxylic acids is 2.